The summed E-state index contributed by atoms with van der Waals surface area (Å²) in [6.07, 6.45) is 4.67. The molecule has 2 N–H and O–H groups in total. The van der Waals surface area contributed by atoms with Gasteiger partial charge in [0.2, 0.25) is 5.91 Å². The molecule has 5 heteroatoms. The predicted molar refractivity (Wildman–Crippen MR) is 110 cm³/mol. The Balaban J connectivity index is 1.90. The Morgan fingerprint density at radius 3 is 2.43 bits per heavy atom. The predicted octanol–water partition coefficient (Wildman–Crippen LogP) is 3.82. The summed E-state index contributed by atoms with van der Waals surface area (Å²) in [4.78, 5) is 30.4. The number of hydrogen-bond donors (Lipinski definition) is 2. The maximum Gasteiger partial charge on any atom is 0.270 e. The molecule has 1 aromatic heterocycles. The molecule has 1 aromatic carbocycles. The second kappa shape index (κ2) is 8.13. The lowest BCUT2D eigenvalue weighted by Crippen LogP contribution is -2.63. The molecule has 2 amide bonds. The van der Waals surface area contributed by atoms with Gasteiger partial charge in [-0.1, -0.05) is 36.4 Å². The summed E-state index contributed by atoms with van der Waals surface area (Å²) in [5.41, 5.74) is 0.217. The minimum absolute atomic E-state index is 0.120. The molecule has 2 aromatic rings. The SMILES string of the molecule is CC(C)(C)NC(=O)C1(NC(=O)c2ccccn2)CCCC(c2ccccc2)C1. The number of aromatic nitrogens is 1. The van der Waals surface area contributed by atoms with Crippen molar-refractivity contribution in [2.75, 3.05) is 0 Å². The van der Waals surface area contributed by atoms with E-state index in [-0.39, 0.29) is 23.3 Å². The lowest BCUT2D eigenvalue weighted by molar-refractivity contribution is -0.130. The molecule has 2 unspecified atom stereocenters. The second-order valence-corrected chi connectivity index (χ2v) is 8.66. The molecule has 28 heavy (non-hydrogen) atoms. The van der Waals surface area contributed by atoms with Crippen molar-refractivity contribution in [2.24, 2.45) is 0 Å². The number of pyridine rings is 1. The van der Waals surface area contributed by atoms with E-state index >= 15 is 0 Å². The van der Waals surface area contributed by atoms with Gasteiger partial charge in [0.15, 0.2) is 0 Å². The van der Waals surface area contributed by atoms with Crippen LogP contribution in [0.15, 0.2) is 54.7 Å². The van der Waals surface area contributed by atoms with Gasteiger partial charge in [-0.25, -0.2) is 0 Å². The molecule has 0 saturated heterocycles. The van der Waals surface area contributed by atoms with Gasteiger partial charge in [0.05, 0.1) is 0 Å². The van der Waals surface area contributed by atoms with Crippen LogP contribution in [0.3, 0.4) is 0 Å². The number of rotatable bonds is 4. The fraction of sp³-hybridized carbons (Fsp3) is 0.435. The van der Waals surface area contributed by atoms with Crippen LogP contribution in [0.5, 0.6) is 0 Å². The number of carbonyl (C=O) groups is 2. The van der Waals surface area contributed by atoms with Crippen LogP contribution in [0, 0.1) is 0 Å². The zero-order valence-corrected chi connectivity index (χ0v) is 16.9. The van der Waals surface area contributed by atoms with Crippen molar-refractivity contribution < 1.29 is 9.59 Å². The zero-order valence-electron chi connectivity index (χ0n) is 16.9. The molecule has 2 atom stereocenters. The highest BCUT2D eigenvalue weighted by molar-refractivity contribution is 5.98. The first-order chi connectivity index (χ1) is 13.3. The minimum atomic E-state index is -0.944. The van der Waals surface area contributed by atoms with Gasteiger partial charge in [0, 0.05) is 11.7 Å². The standard InChI is InChI=1S/C23H29N3O2/c1-22(2,3)26-21(28)23(25-20(27)19-13-7-8-15-24-19)14-9-12-18(16-23)17-10-5-4-6-11-17/h4-8,10-11,13,15,18H,9,12,14,16H2,1-3H3,(H,25,27)(H,26,28). The average molecular weight is 380 g/mol. The third-order valence-corrected chi connectivity index (χ3v) is 5.20. The zero-order chi connectivity index (χ0) is 20.2. The largest absolute Gasteiger partial charge is 0.349 e. The molecule has 5 nitrogen and oxygen atoms in total. The van der Waals surface area contributed by atoms with E-state index < -0.39 is 5.54 Å². The smallest absolute Gasteiger partial charge is 0.270 e. The van der Waals surface area contributed by atoms with Crippen LogP contribution in [0.25, 0.3) is 0 Å². The summed E-state index contributed by atoms with van der Waals surface area (Å²) in [6, 6.07) is 15.5. The third kappa shape index (κ3) is 4.77. The van der Waals surface area contributed by atoms with Crippen molar-refractivity contribution in [2.45, 2.75) is 63.5 Å². The van der Waals surface area contributed by atoms with Crippen LogP contribution in [0.4, 0.5) is 0 Å². The van der Waals surface area contributed by atoms with Gasteiger partial charge in [0.1, 0.15) is 11.2 Å². The topological polar surface area (TPSA) is 71.1 Å². The van der Waals surface area contributed by atoms with E-state index in [4.69, 9.17) is 0 Å². The Kier molecular flexibility index (Phi) is 5.82. The van der Waals surface area contributed by atoms with Crippen LogP contribution in [-0.2, 0) is 4.79 Å². The Morgan fingerprint density at radius 2 is 1.79 bits per heavy atom. The van der Waals surface area contributed by atoms with Crippen LogP contribution >= 0.6 is 0 Å². The molecule has 148 valence electrons. The fourth-order valence-corrected chi connectivity index (χ4v) is 3.90. The van der Waals surface area contributed by atoms with Gasteiger partial charge >= 0.3 is 0 Å². The quantitative estimate of drug-likeness (QED) is 0.848. The molecule has 0 aliphatic heterocycles. The highest BCUT2D eigenvalue weighted by atomic mass is 16.2. The molecule has 3 rings (SSSR count). The summed E-state index contributed by atoms with van der Waals surface area (Å²) in [5, 5.41) is 6.14. The van der Waals surface area contributed by atoms with E-state index in [0.717, 1.165) is 12.8 Å². The summed E-state index contributed by atoms with van der Waals surface area (Å²) < 4.78 is 0. The molecular formula is C23H29N3O2. The van der Waals surface area contributed by atoms with Gasteiger partial charge < -0.3 is 10.6 Å². The summed E-state index contributed by atoms with van der Waals surface area (Å²) in [7, 11) is 0. The number of nitrogens with zero attached hydrogens (tertiary/aromatic N) is 1. The van der Waals surface area contributed by atoms with Gasteiger partial charge in [-0.05, 0) is 70.1 Å². The van der Waals surface area contributed by atoms with E-state index in [2.05, 4.69) is 27.8 Å². The van der Waals surface area contributed by atoms with Crippen molar-refractivity contribution in [3.8, 4) is 0 Å². The van der Waals surface area contributed by atoms with Crippen LogP contribution < -0.4 is 10.6 Å². The van der Waals surface area contributed by atoms with Crippen molar-refractivity contribution >= 4 is 11.8 Å². The Bertz CT molecular complexity index is 815. The normalized spacial score (nSPS) is 22.3. The summed E-state index contributed by atoms with van der Waals surface area (Å²) >= 11 is 0. The van der Waals surface area contributed by atoms with E-state index in [1.165, 1.54) is 5.56 Å². The molecule has 1 fully saturated rings. The second-order valence-electron chi connectivity index (χ2n) is 8.66. The van der Waals surface area contributed by atoms with E-state index in [1.807, 2.05) is 39.0 Å². The van der Waals surface area contributed by atoms with E-state index in [1.54, 1.807) is 24.4 Å². The minimum Gasteiger partial charge on any atom is -0.349 e. The molecule has 1 heterocycles. The van der Waals surface area contributed by atoms with Gasteiger partial charge in [-0.15, -0.1) is 0 Å². The molecule has 0 spiro atoms. The van der Waals surface area contributed by atoms with Gasteiger partial charge in [-0.3, -0.25) is 14.6 Å². The molecule has 1 aliphatic carbocycles. The number of nitrogens with one attached hydrogen (secondary N) is 2. The highest BCUT2D eigenvalue weighted by Crippen LogP contribution is 2.39. The maximum atomic E-state index is 13.3. The first-order valence-corrected chi connectivity index (χ1v) is 9.90. The summed E-state index contributed by atoms with van der Waals surface area (Å²) in [5.74, 6) is -0.201. The van der Waals surface area contributed by atoms with Crippen molar-refractivity contribution in [1.29, 1.82) is 0 Å². The van der Waals surface area contributed by atoms with E-state index in [0.29, 0.717) is 18.5 Å². The van der Waals surface area contributed by atoms with Crippen LogP contribution in [0.1, 0.15) is 68.4 Å². The Hall–Kier alpha value is -2.69. The number of benzene rings is 1. The lowest BCUT2D eigenvalue weighted by atomic mass is 9.72. The maximum absolute atomic E-state index is 13.3. The molecule has 0 radical (unpaired) electrons. The number of amides is 2. The average Bonchev–Trinajstić information content (AvgIpc) is 2.68. The Labute approximate surface area is 167 Å². The van der Waals surface area contributed by atoms with Crippen LogP contribution in [-0.4, -0.2) is 27.9 Å². The molecular weight excluding hydrogens is 350 g/mol. The first kappa shape index (κ1) is 20.1. The lowest BCUT2D eigenvalue weighted by Gasteiger charge is -2.42. The monoisotopic (exact) mass is 379 g/mol. The molecule has 1 aliphatic rings. The third-order valence-electron chi connectivity index (χ3n) is 5.20. The Morgan fingerprint density at radius 1 is 1.07 bits per heavy atom. The van der Waals surface area contributed by atoms with Gasteiger partial charge in [0.25, 0.3) is 5.91 Å². The van der Waals surface area contributed by atoms with Crippen molar-refractivity contribution in [3.05, 3.63) is 66.0 Å². The summed E-state index contributed by atoms with van der Waals surface area (Å²) in [6.45, 7) is 5.87. The highest BCUT2D eigenvalue weighted by Gasteiger charge is 2.45. The molecule has 0 bridgehead atoms. The van der Waals surface area contributed by atoms with Crippen LogP contribution in [0.2, 0.25) is 0 Å². The first-order valence-electron chi connectivity index (χ1n) is 9.90. The van der Waals surface area contributed by atoms with Crippen molar-refractivity contribution in [3.63, 3.8) is 0 Å². The number of carbonyl (C=O) groups excluding carboxylic acids is 2. The van der Waals surface area contributed by atoms with E-state index in [9.17, 15) is 9.59 Å². The number of hydrogen-bond acceptors (Lipinski definition) is 3. The fourth-order valence-electron chi connectivity index (χ4n) is 3.90. The molecule has 1 saturated carbocycles. The van der Waals surface area contributed by atoms with Crippen molar-refractivity contribution in [1.82, 2.24) is 15.6 Å². The van der Waals surface area contributed by atoms with Gasteiger partial charge in [-0.2, -0.15) is 0 Å².